The molecular weight excluding hydrogens is 648 g/mol. The van der Waals surface area contributed by atoms with Crippen molar-refractivity contribution in [2.75, 3.05) is 12.8 Å². The number of hydrogen-bond acceptors (Lipinski definition) is 8. The Labute approximate surface area is 286 Å². The lowest BCUT2D eigenvalue weighted by Crippen LogP contribution is -2.56. The zero-order valence-corrected chi connectivity index (χ0v) is 28.7. The van der Waals surface area contributed by atoms with Gasteiger partial charge in [-0.1, -0.05) is 86.6 Å². The first-order valence-corrected chi connectivity index (χ1v) is 18.5. The van der Waals surface area contributed by atoms with Crippen molar-refractivity contribution in [3.63, 3.8) is 0 Å². The second-order valence-electron chi connectivity index (χ2n) is 13.2. The number of epoxide rings is 1. The molecule has 262 valence electrons. The number of alkyl carbamates (subject to hydrolysis) is 1. The molecule has 2 fully saturated rings. The number of rotatable bonds is 15. The van der Waals surface area contributed by atoms with Gasteiger partial charge in [-0.3, -0.25) is 14.4 Å². The summed E-state index contributed by atoms with van der Waals surface area (Å²) in [5.41, 5.74) is 0.513. The molecule has 2 aliphatic heterocycles. The van der Waals surface area contributed by atoms with Gasteiger partial charge < -0.3 is 30.7 Å². The third-order valence-corrected chi connectivity index (χ3v) is 10.0. The number of sulfone groups is 1. The molecule has 3 aromatic carbocycles. The fourth-order valence-corrected chi connectivity index (χ4v) is 7.26. The van der Waals surface area contributed by atoms with E-state index in [4.69, 9.17) is 9.47 Å². The van der Waals surface area contributed by atoms with Gasteiger partial charge in [0.2, 0.25) is 17.7 Å². The van der Waals surface area contributed by atoms with E-state index in [9.17, 15) is 27.6 Å². The van der Waals surface area contributed by atoms with E-state index in [1.54, 1.807) is 0 Å². The smallest absolute Gasteiger partial charge is 0.408 e. The van der Waals surface area contributed by atoms with Crippen LogP contribution in [0.25, 0.3) is 10.8 Å². The van der Waals surface area contributed by atoms with Crippen molar-refractivity contribution in [3.8, 4) is 0 Å². The molecular formula is C36H44N4O8S. The number of amides is 4. The van der Waals surface area contributed by atoms with Gasteiger partial charge in [-0.2, -0.15) is 0 Å². The van der Waals surface area contributed by atoms with Gasteiger partial charge >= 0.3 is 6.09 Å². The minimum Gasteiger partial charge on any atom is -0.445 e. The highest BCUT2D eigenvalue weighted by Gasteiger charge is 2.53. The molecule has 6 atom stereocenters. The second-order valence-corrected chi connectivity index (χ2v) is 15.3. The zero-order valence-electron chi connectivity index (χ0n) is 27.9. The summed E-state index contributed by atoms with van der Waals surface area (Å²) in [4.78, 5) is 53.3. The summed E-state index contributed by atoms with van der Waals surface area (Å²) in [6, 6.07) is 19.7. The molecule has 2 aliphatic rings. The van der Waals surface area contributed by atoms with Crippen LogP contribution >= 0.6 is 0 Å². The van der Waals surface area contributed by atoms with E-state index >= 15 is 0 Å². The maximum absolute atomic E-state index is 14.0. The first kappa shape index (κ1) is 35.8. The summed E-state index contributed by atoms with van der Waals surface area (Å²) in [7, 11) is -3.55. The number of carbonyl (C=O) groups excluding carboxylic acids is 4. The van der Waals surface area contributed by atoms with Gasteiger partial charge in [0.05, 0.1) is 6.04 Å². The van der Waals surface area contributed by atoms with Crippen LogP contribution in [0.5, 0.6) is 0 Å². The van der Waals surface area contributed by atoms with E-state index in [0.717, 1.165) is 28.2 Å². The molecule has 13 heteroatoms. The molecule has 4 amide bonds. The van der Waals surface area contributed by atoms with E-state index in [1.807, 2.05) is 86.6 Å². The highest BCUT2D eigenvalue weighted by Crippen LogP contribution is 2.33. The molecule has 0 radical (unpaired) electrons. The van der Waals surface area contributed by atoms with Gasteiger partial charge in [0.1, 0.15) is 24.8 Å². The summed E-state index contributed by atoms with van der Waals surface area (Å²) in [6.07, 6.45) is 0.577. The van der Waals surface area contributed by atoms with Crippen molar-refractivity contribution >= 4 is 44.4 Å². The topological polar surface area (TPSA) is 172 Å². The zero-order chi connectivity index (χ0) is 35.1. The Morgan fingerprint density at radius 3 is 2.29 bits per heavy atom. The van der Waals surface area contributed by atoms with Gasteiger partial charge in [-0.05, 0) is 47.1 Å². The van der Waals surface area contributed by atoms with Crippen LogP contribution in [0.3, 0.4) is 0 Å². The van der Waals surface area contributed by atoms with E-state index in [2.05, 4.69) is 21.3 Å². The fourth-order valence-electron chi connectivity index (χ4n) is 6.26. The van der Waals surface area contributed by atoms with Crippen molar-refractivity contribution < 1.29 is 37.1 Å². The lowest BCUT2D eigenvalue weighted by atomic mass is 9.95. The lowest BCUT2D eigenvalue weighted by molar-refractivity contribution is -0.131. The van der Waals surface area contributed by atoms with Crippen molar-refractivity contribution in [3.05, 3.63) is 83.9 Å². The molecule has 4 N–H and O–H groups in total. The van der Waals surface area contributed by atoms with Gasteiger partial charge in [0, 0.05) is 25.1 Å². The second kappa shape index (κ2) is 15.8. The molecule has 49 heavy (non-hydrogen) atoms. The average molecular weight is 693 g/mol. The molecule has 0 aliphatic carbocycles. The summed E-state index contributed by atoms with van der Waals surface area (Å²) < 4.78 is 35.4. The molecule has 0 saturated carbocycles. The number of hydrogen-bond donors (Lipinski definition) is 4. The molecule has 0 spiro atoms. The Morgan fingerprint density at radius 2 is 1.61 bits per heavy atom. The van der Waals surface area contributed by atoms with Gasteiger partial charge in [0.15, 0.2) is 15.3 Å². The van der Waals surface area contributed by atoms with E-state index in [-0.39, 0.29) is 37.7 Å². The van der Waals surface area contributed by atoms with Crippen molar-refractivity contribution in [1.29, 1.82) is 0 Å². The normalized spacial score (nSPS) is 20.6. The number of carbonyl (C=O) groups is 4. The quantitative estimate of drug-likeness (QED) is 0.176. The van der Waals surface area contributed by atoms with Crippen LogP contribution in [-0.4, -0.2) is 74.7 Å². The number of nitrogens with one attached hydrogen (secondary N) is 4. The highest BCUT2D eigenvalue weighted by atomic mass is 32.2. The van der Waals surface area contributed by atoms with Crippen LogP contribution in [0.1, 0.15) is 44.2 Å². The Hall–Kier alpha value is -4.49. The predicted molar refractivity (Wildman–Crippen MR) is 184 cm³/mol. The third kappa shape index (κ3) is 9.79. The highest BCUT2D eigenvalue weighted by molar-refractivity contribution is 7.91. The number of ether oxygens (including phenoxy) is 2. The summed E-state index contributed by atoms with van der Waals surface area (Å²) >= 11 is 0. The fraction of sp³-hybridized carbons (Fsp3) is 0.444. The van der Waals surface area contributed by atoms with E-state index in [1.165, 1.54) is 0 Å². The van der Waals surface area contributed by atoms with Crippen molar-refractivity contribution in [2.45, 2.75) is 75.8 Å². The molecule has 3 aromatic rings. The van der Waals surface area contributed by atoms with Crippen molar-refractivity contribution in [1.82, 2.24) is 21.3 Å². The van der Waals surface area contributed by atoms with E-state index < -0.39 is 63.3 Å². The summed E-state index contributed by atoms with van der Waals surface area (Å²) in [6.45, 7) is 4.31. The largest absolute Gasteiger partial charge is 0.445 e. The summed E-state index contributed by atoms with van der Waals surface area (Å²) in [5, 5.41) is 13.1. The predicted octanol–water partition coefficient (Wildman–Crippen LogP) is 2.99. The minimum atomic E-state index is -3.55. The maximum Gasteiger partial charge on any atom is 0.408 e. The molecule has 2 unspecified atom stereocenters. The third-order valence-electron chi connectivity index (χ3n) is 8.80. The molecule has 12 nitrogen and oxygen atoms in total. The maximum atomic E-state index is 14.0. The van der Waals surface area contributed by atoms with Crippen molar-refractivity contribution in [2.24, 2.45) is 11.8 Å². The Bertz CT molecular complexity index is 1760. The van der Waals surface area contributed by atoms with Gasteiger partial charge in [-0.15, -0.1) is 0 Å². The van der Waals surface area contributed by atoms with Crippen LogP contribution in [0.4, 0.5) is 4.79 Å². The van der Waals surface area contributed by atoms with Gasteiger partial charge in [0.25, 0.3) is 0 Å². The molecule has 0 aromatic heterocycles. The monoisotopic (exact) mass is 692 g/mol. The van der Waals surface area contributed by atoms with Crippen LogP contribution in [0.15, 0.2) is 72.8 Å². The summed E-state index contributed by atoms with van der Waals surface area (Å²) in [5.74, 6) is -1.72. The Morgan fingerprint density at radius 1 is 0.918 bits per heavy atom. The number of benzene rings is 3. The van der Waals surface area contributed by atoms with Crippen LogP contribution in [0, 0.1) is 11.8 Å². The SMILES string of the molecule is CC(C)C[C@H](NC(=O)[C@H](Cc1cccc2ccccc12)NC(=O)OCc1ccccc1)C(=O)N[C@@H](C[C@@H]1CCNC1=O)C1OC1S(C)(=O)=O. The first-order chi connectivity index (χ1) is 23.4. The van der Waals surface area contributed by atoms with E-state index in [0.29, 0.717) is 13.0 Å². The van der Waals surface area contributed by atoms with Crippen LogP contribution in [0.2, 0.25) is 0 Å². The standard InChI is InChI=1S/C36H44N4O8S/c1-22(2)18-29(33(42)38-28(20-26-16-17-37-32(26)41)31-35(48-31)49(3,45)46)39-34(43)30(40-36(44)47-21-23-10-5-4-6-11-23)19-25-14-9-13-24-12-7-8-15-27(24)25/h4-15,22,26,28-31,35H,16-21H2,1-3H3,(H,37,41)(H,38,42)(H,39,43)(H,40,44)/t26-,28-,29-,30-,31?,35?/m0/s1. The Kier molecular flexibility index (Phi) is 11.6. The lowest BCUT2D eigenvalue weighted by Gasteiger charge is -2.27. The Balaban J connectivity index is 1.34. The average Bonchev–Trinajstić information content (AvgIpc) is 3.79. The van der Waals surface area contributed by atoms with Crippen LogP contribution in [-0.2, 0) is 46.7 Å². The molecule has 2 saturated heterocycles. The van der Waals surface area contributed by atoms with Crippen LogP contribution < -0.4 is 21.3 Å². The minimum absolute atomic E-state index is 0.00573. The molecule has 5 rings (SSSR count). The molecule has 0 bridgehead atoms. The number of fused-ring (bicyclic) bond motifs is 1. The van der Waals surface area contributed by atoms with Gasteiger partial charge in [-0.25, -0.2) is 13.2 Å². The molecule has 2 heterocycles. The first-order valence-electron chi connectivity index (χ1n) is 16.6.